The fourth-order valence-electron chi connectivity index (χ4n) is 1.67. The van der Waals surface area contributed by atoms with Crippen LogP contribution in [0.2, 0.25) is 0 Å². The molecule has 0 aromatic heterocycles. The Morgan fingerprint density at radius 3 is 2.30 bits per heavy atom. The van der Waals surface area contributed by atoms with Crippen molar-refractivity contribution in [2.75, 3.05) is 59.3 Å². The first-order valence-electron chi connectivity index (χ1n) is 8.02. The zero-order valence-electron chi connectivity index (χ0n) is 13.7. The summed E-state index contributed by atoms with van der Waals surface area (Å²) in [4.78, 5) is 14.2. The summed E-state index contributed by atoms with van der Waals surface area (Å²) in [5, 5.41) is 6.23. The Bertz CT molecular complexity index is 324. The number of nitrogens with zero attached hydrogens (tertiary/aromatic N) is 3. The number of ether oxygens (including phenoxy) is 3. The Morgan fingerprint density at radius 1 is 1.00 bits per heavy atom. The van der Waals surface area contributed by atoms with Crippen molar-refractivity contribution in [2.45, 2.75) is 25.7 Å². The van der Waals surface area contributed by atoms with E-state index >= 15 is 0 Å². The highest BCUT2D eigenvalue weighted by molar-refractivity contribution is 5.75. The van der Waals surface area contributed by atoms with Crippen LogP contribution in [-0.4, -0.2) is 65.2 Å². The molecule has 0 bridgehead atoms. The third kappa shape index (κ3) is 18.6. The highest BCUT2D eigenvalue weighted by Crippen LogP contribution is 1.99. The third-order valence-corrected chi connectivity index (χ3v) is 2.80. The van der Waals surface area contributed by atoms with E-state index in [0.29, 0.717) is 65.7 Å². The van der Waals surface area contributed by atoms with E-state index in [1.165, 1.54) is 0 Å². The number of nitrogens with two attached hydrogens (primary N) is 1. The SMILES string of the molecule is [N-]=[N+]=NCCCCCC(=O)NCCOCCOCCOCCN. The first kappa shape index (κ1) is 21.6. The molecule has 3 N–H and O–H groups in total. The summed E-state index contributed by atoms with van der Waals surface area (Å²) in [7, 11) is 0. The van der Waals surface area contributed by atoms with Crippen molar-refractivity contribution < 1.29 is 19.0 Å². The molecule has 0 aromatic rings. The lowest BCUT2D eigenvalue weighted by Gasteiger charge is -2.07. The van der Waals surface area contributed by atoms with Gasteiger partial charge in [0, 0.05) is 31.0 Å². The molecule has 0 aliphatic heterocycles. The Balaban J connectivity index is 3.16. The van der Waals surface area contributed by atoms with E-state index in [4.69, 9.17) is 25.5 Å². The summed E-state index contributed by atoms with van der Waals surface area (Å²) in [5.41, 5.74) is 13.4. The zero-order chi connectivity index (χ0) is 17.0. The topological polar surface area (TPSA) is 132 Å². The van der Waals surface area contributed by atoms with Crippen molar-refractivity contribution in [3.05, 3.63) is 10.4 Å². The second-order valence-corrected chi connectivity index (χ2v) is 4.74. The summed E-state index contributed by atoms with van der Waals surface area (Å²) in [6.07, 6.45) is 2.99. The number of nitrogens with one attached hydrogen (secondary N) is 1. The van der Waals surface area contributed by atoms with E-state index in [1.54, 1.807) is 0 Å². The van der Waals surface area contributed by atoms with Crippen LogP contribution in [0, 0.1) is 0 Å². The molecule has 1 amide bonds. The molecule has 134 valence electrons. The number of unbranched alkanes of at least 4 members (excludes halogenated alkanes) is 2. The molecule has 0 atom stereocenters. The van der Waals surface area contributed by atoms with Crippen molar-refractivity contribution in [1.29, 1.82) is 0 Å². The monoisotopic (exact) mass is 331 g/mol. The molecule has 0 fully saturated rings. The number of carbonyl (C=O) groups is 1. The lowest BCUT2D eigenvalue weighted by molar-refractivity contribution is -0.121. The van der Waals surface area contributed by atoms with E-state index < -0.39 is 0 Å². The lowest BCUT2D eigenvalue weighted by atomic mass is 10.2. The molecule has 0 radical (unpaired) electrons. The molecule has 23 heavy (non-hydrogen) atoms. The fraction of sp³-hybridized carbons (Fsp3) is 0.929. The molecular weight excluding hydrogens is 302 g/mol. The third-order valence-electron chi connectivity index (χ3n) is 2.80. The predicted molar refractivity (Wildman–Crippen MR) is 87.0 cm³/mol. The number of azide groups is 1. The summed E-state index contributed by atoms with van der Waals surface area (Å²) in [6.45, 7) is 4.59. The minimum atomic E-state index is 0.0192. The van der Waals surface area contributed by atoms with E-state index in [1.807, 2.05) is 0 Å². The number of rotatable bonds is 17. The van der Waals surface area contributed by atoms with Crippen LogP contribution in [0.25, 0.3) is 10.4 Å². The molecule has 0 saturated carbocycles. The van der Waals surface area contributed by atoms with Gasteiger partial charge in [0.1, 0.15) is 0 Å². The minimum Gasteiger partial charge on any atom is -0.378 e. The molecule has 0 heterocycles. The van der Waals surface area contributed by atoms with Gasteiger partial charge >= 0.3 is 0 Å². The molecule has 0 aliphatic rings. The van der Waals surface area contributed by atoms with Crippen molar-refractivity contribution in [1.82, 2.24) is 5.32 Å². The van der Waals surface area contributed by atoms with Gasteiger partial charge in [-0.1, -0.05) is 11.5 Å². The number of amides is 1. The van der Waals surface area contributed by atoms with Gasteiger partial charge in [-0.3, -0.25) is 4.79 Å². The molecule has 0 rings (SSSR count). The summed E-state index contributed by atoms with van der Waals surface area (Å²) < 4.78 is 15.8. The molecule has 0 aromatic carbocycles. The Morgan fingerprint density at radius 2 is 1.65 bits per heavy atom. The molecule has 0 unspecified atom stereocenters. The Kier molecular flexibility index (Phi) is 17.5. The molecule has 9 heteroatoms. The summed E-state index contributed by atoms with van der Waals surface area (Å²) >= 11 is 0. The highest BCUT2D eigenvalue weighted by Gasteiger charge is 2.00. The molecular formula is C14H29N5O4. The zero-order valence-corrected chi connectivity index (χ0v) is 13.7. The van der Waals surface area contributed by atoms with Gasteiger partial charge in [0.05, 0.1) is 39.6 Å². The van der Waals surface area contributed by atoms with Gasteiger partial charge in [0.2, 0.25) is 5.91 Å². The normalized spacial score (nSPS) is 10.3. The highest BCUT2D eigenvalue weighted by atomic mass is 16.5. The van der Waals surface area contributed by atoms with E-state index in [0.717, 1.165) is 19.3 Å². The summed E-state index contributed by atoms with van der Waals surface area (Å²) in [5.74, 6) is 0.0192. The van der Waals surface area contributed by atoms with Gasteiger partial charge in [-0.25, -0.2) is 0 Å². The maximum atomic E-state index is 11.5. The van der Waals surface area contributed by atoms with Crippen LogP contribution in [0.15, 0.2) is 5.11 Å². The second kappa shape index (κ2) is 18.7. The van der Waals surface area contributed by atoms with Crippen LogP contribution in [0.1, 0.15) is 25.7 Å². The van der Waals surface area contributed by atoms with Gasteiger partial charge in [0.25, 0.3) is 0 Å². The van der Waals surface area contributed by atoms with Gasteiger partial charge in [-0.15, -0.1) is 0 Å². The van der Waals surface area contributed by atoms with E-state index in [2.05, 4.69) is 15.3 Å². The first-order valence-corrected chi connectivity index (χ1v) is 8.02. The second-order valence-electron chi connectivity index (χ2n) is 4.74. The quantitative estimate of drug-likeness (QED) is 0.177. The van der Waals surface area contributed by atoms with Crippen molar-refractivity contribution >= 4 is 5.91 Å². The van der Waals surface area contributed by atoms with Crippen LogP contribution in [-0.2, 0) is 19.0 Å². The average molecular weight is 331 g/mol. The van der Waals surface area contributed by atoms with E-state index in [-0.39, 0.29) is 5.91 Å². The molecule has 0 spiro atoms. The van der Waals surface area contributed by atoms with Crippen molar-refractivity contribution in [3.63, 3.8) is 0 Å². The average Bonchev–Trinajstić information content (AvgIpc) is 2.56. The predicted octanol–water partition coefficient (Wildman–Crippen LogP) is 0.982. The number of hydrogen-bond donors (Lipinski definition) is 2. The minimum absolute atomic E-state index is 0.0192. The maximum Gasteiger partial charge on any atom is 0.220 e. The summed E-state index contributed by atoms with van der Waals surface area (Å²) in [6, 6.07) is 0. The van der Waals surface area contributed by atoms with Gasteiger partial charge in [-0.05, 0) is 18.4 Å². The van der Waals surface area contributed by atoms with Crippen LogP contribution < -0.4 is 11.1 Å². The molecule has 0 saturated heterocycles. The van der Waals surface area contributed by atoms with Gasteiger partial charge < -0.3 is 25.3 Å². The first-order chi connectivity index (χ1) is 11.3. The number of carbonyl (C=O) groups excluding carboxylic acids is 1. The van der Waals surface area contributed by atoms with Crippen LogP contribution in [0.4, 0.5) is 0 Å². The Labute approximate surface area is 137 Å². The standard InChI is InChI=1S/C14H29N5O4/c15-5-8-21-10-12-23-13-11-22-9-7-17-14(20)4-2-1-3-6-18-19-16/h1-13,15H2,(H,17,20). The van der Waals surface area contributed by atoms with Crippen LogP contribution in [0.3, 0.4) is 0 Å². The fourth-order valence-corrected chi connectivity index (χ4v) is 1.67. The molecule has 0 aliphatic carbocycles. The van der Waals surface area contributed by atoms with Gasteiger partial charge in [-0.2, -0.15) is 0 Å². The van der Waals surface area contributed by atoms with Crippen LogP contribution >= 0.6 is 0 Å². The maximum absolute atomic E-state index is 11.5. The van der Waals surface area contributed by atoms with Crippen LogP contribution in [0.5, 0.6) is 0 Å². The van der Waals surface area contributed by atoms with Crippen molar-refractivity contribution in [3.8, 4) is 0 Å². The largest absolute Gasteiger partial charge is 0.378 e. The smallest absolute Gasteiger partial charge is 0.220 e. The van der Waals surface area contributed by atoms with E-state index in [9.17, 15) is 4.79 Å². The Hall–Kier alpha value is -1.38. The van der Waals surface area contributed by atoms with Crippen molar-refractivity contribution in [2.24, 2.45) is 10.8 Å². The van der Waals surface area contributed by atoms with Gasteiger partial charge in [0.15, 0.2) is 0 Å². The lowest BCUT2D eigenvalue weighted by Crippen LogP contribution is -2.27. The molecule has 9 nitrogen and oxygen atoms in total. The number of hydrogen-bond acceptors (Lipinski definition) is 6.